The number of nitro benzene ring substituents is 1. The van der Waals surface area contributed by atoms with Gasteiger partial charge in [0.2, 0.25) is 10.0 Å². The van der Waals surface area contributed by atoms with Crippen molar-refractivity contribution in [2.24, 2.45) is 11.7 Å². The van der Waals surface area contributed by atoms with Gasteiger partial charge in [-0.1, -0.05) is 6.07 Å². The van der Waals surface area contributed by atoms with Crippen LogP contribution in [-0.4, -0.2) is 37.3 Å². The minimum Gasteiger partial charge on any atom is -0.330 e. The summed E-state index contributed by atoms with van der Waals surface area (Å²) in [6.07, 6.45) is 0.726. The van der Waals surface area contributed by atoms with Crippen LogP contribution in [0.25, 0.3) is 0 Å². The van der Waals surface area contributed by atoms with Gasteiger partial charge in [0, 0.05) is 24.7 Å². The second-order valence-electron chi connectivity index (χ2n) is 4.96. The van der Waals surface area contributed by atoms with Crippen LogP contribution >= 0.6 is 0 Å². The lowest BCUT2D eigenvalue weighted by Gasteiger charge is -2.16. The van der Waals surface area contributed by atoms with Crippen LogP contribution in [-0.2, 0) is 10.0 Å². The number of nitro groups is 1. The van der Waals surface area contributed by atoms with Crippen LogP contribution in [0.1, 0.15) is 12.0 Å². The van der Waals surface area contributed by atoms with Crippen LogP contribution in [0.2, 0.25) is 0 Å². The fourth-order valence-electron chi connectivity index (χ4n) is 2.30. The number of nitrogens with zero attached hydrogens (tertiary/aromatic N) is 2. The molecule has 1 fully saturated rings. The molecule has 2 N–H and O–H groups in total. The molecule has 20 heavy (non-hydrogen) atoms. The molecular weight excluding hydrogens is 282 g/mol. The average Bonchev–Trinajstić information content (AvgIpc) is 2.88. The van der Waals surface area contributed by atoms with E-state index >= 15 is 0 Å². The SMILES string of the molecule is Cc1ccc(S(=O)(=O)N2CCC(CN)C2)cc1[N+](=O)[O-]. The van der Waals surface area contributed by atoms with E-state index in [1.54, 1.807) is 6.92 Å². The molecule has 8 heteroatoms. The average molecular weight is 299 g/mol. The lowest BCUT2D eigenvalue weighted by Crippen LogP contribution is -2.30. The van der Waals surface area contributed by atoms with Crippen molar-refractivity contribution in [2.75, 3.05) is 19.6 Å². The molecule has 110 valence electrons. The van der Waals surface area contributed by atoms with E-state index in [0.29, 0.717) is 25.2 Å². The molecule has 1 heterocycles. The summed E-state index contributed by atoms with van der Waals surface area (Å²) in [5.41, 5.74) is 5.81. The standard InChI is InChI=1S/C12H17N3O4S/c1-9-2-3-11(6-12(9)15(16)17)20(18,19)14-5-4-10(7-13)8-14/h2-3,6,10H,4-5,7-8,13H2,1H3. The molecule has 7 nitrogen and oxygen atoms in total. The smallest absolute Gasteiger partial charge is 0.273 e. The second kappa shape index (κ2) is 5.47. The van der Waals surface area contributed by atoms with Gasteiger partial charge in [0.1, 0.15) is 0 Å². The fraction of sp³-hybridized carbons (Fsp3) is 0.500. The van der Waals surface area contributed by atoms with Crippen molar-refractivity contribution in [1.29, 1.82) is 0 Å². The number of sulfonamides is 1. The van der Waals surface area contributed by atoms with E-state index < -0.39 is 14.9 Å². The van der Waals surface area contributed by atoms with Crippen LogP contribution in [0.4, 0.5) is 5.69 Å². The Bertz CT molecular complexity index is 630. The Morgan fingerprint density at radius 1 is 1.50 bits per heavy atom. The Morgan fingerprint density at radius 2 is 2.20 bits per heavy atom. The molecule has 1 atom stereocenters. The van der Waals surface area contributed by atoms with E-state index in [-0.39, 0.29) is 16.5 Å². The highest BCUT2D eigenvalue weighted by Crippen LogP contribution is 2.27. The van der Waals surface area contributed by atoms with Crippen LogP contribution in [0.5, 0.6) is 0 Å². The van der Waals surface area contributed by atoms with Crippen molar-refractivity contribution in [3.63, 3.8) is 0 Å². The van der Waals surface area contributed by atoms with Crippen molar-refractivity contribution in [3.05, 3.63) is 33.9 Å². The Labute approximate surface area is 117 Å². The Balaban J connectivity index is 2.35. The first-order valence-corrected chi connectivity index (χ1v) is 7.75. The summed E-state index contributed by atoms with van der Waals surface area (Å²) in [5.74, 6) is 0.158. The minimum atomic E-state index is -3.68. The van der Waals surface area contributed by atoms with Crippen LogP contribution in [0.3, 0.4) is 0 Å². The van der Waals surface area contributed by atoms with Gasteiger partial charge in [0.15, 0.2) is 0 Å². The highest BCUT2D eigenvalue weighted by molar-refractivity contribution is 7.89. The maximum absolute atomic E-state index is 12.4. The molecule has 2 rings (SSSR count). The van der Waals surface area contributed by atoms with Crippen molar-refractivity contribution in [2.45, 2.75) is 18.2 Å². The van der Waals surface area contributed by atoms with Gasteiger partial charge in [0.05, 0.1) is 9.82 Å². The maximum atomic E-state index is 12.4. The summed E-state index contributed by atoms with van der Waals surface area (Å²) in [5, 5.41) is 10.9. The molecule has 0 aromatic heterocycles. The Morgan fingerprint density at radius 3 is 2.75 bits per heavy atom. The number of hydrogen-bond acceptors (Lipinski definition) is 5. The third-order valence-corrected chi connectivity index (χ3v) is 5.46. The zero-order valence-electron chi connectivity index (χ0n) is 11.2. The Hall–Kier alpha value is -1.51. The van der Waals surface area contributed by atoms with Crippen molar-refractivity contribution < 1.29 is 13.3 Å². The number of benzene rings is 1. The van der Waals surface area contributed by atoms with Crippen LogP contribution in [0.15, 0.2) is 23.1 Å². The summed E-state index contributed by atoms with van der Waals surface area (Å²) in [4.78, 5) is 10.3. The third kappa shape index (κ3) is 2.67. The molecule has 0 radical (unpaired) electrons. The van der Waals surface area contributed by atoms with Gasteiger partial charge in [0.25, 0.3) is 5.69 Å². The van der Waals surface area contributed by atoms with E-state index in [1.165, 1.54) is 16.4 Å². The van der Waals surface area contributed by atoms with Crippen molar-refractivity contribution in [3.8, 4) is 0 Å². The minimum absolute atomic E-state index is 0.0347. The second-order valence-corrected chi connectivity index (χ2v) is 6.90. The topological polar surface area (TPSA) is 107 Å². The first-order valence-electron chi connectivity index (χ1n) is 6.31. The van der Waals surface area contributed by atoms with E-state index in [4.69, 9.17) is 5.73 Å². The molecule has 1 aromatic carbocycles. The summed E-state index contributed by atoms with van der Waals surface area (Å²) in [6.45, 7) is 2.81. The van der Waals surface area contributed by atoms with Crippen molar-refractivity contribution in [1.82, 2.24) is 4.31 Å². The molecule has 1 aliphatic heterocycles. The fourth-order valence-corrected chi connectivity index (χ4v) is 3.85. The number of rotatable bonds is 4. The summed E-state index contributed by atoms with van der Waals surface area (Å²) in [6, 6.07) is 4.00. The quantitative estimate of drug-likeness (QED) is 0.656. The third-order valence-electron chi connectivity index (χ3n) is 3.60. The molecule has 0 spiro atoms. The van der Waals surface area contributed by atoms with E-state index in [0.717, 1.165) is 12.5 Å². The highest BCUT2D eigenvalue weighted by atomic mass is 32.2. The molecule has 1 unspecified atom stereocenters. The van der Waals surface area contributed by atoms with E-state index in [2.05, 4.69) is 0 Å². The van der Waals surface area contributed by atoms with Gasteiger partial charge < -0.3 is 5.73 Å². The number of nitrogens with two attached hydrogens (primary N) is 1. The summed E-state index contributed by atoms with van der Waals surface area (Å²) < 4.78 is 26.2. The summed E-state index contributed by atoms with van der Waals surface area (Å²) >= 11 is 0. The monoisotopic (exact) mass is 299 g/mol. The predicted octanol–water partition coefficient (Wildman–Crippen LogP) is 0.873. The number of aryl methyl sites for hydroxylation is 1. The van der Waals surface area contributed by atoms with Gasteiger partial charge in [-0.2, -0.15) is 4.31 Å². The van der Waals surface area contributed by atoms with Crippen LogP contribution < -0.4 is 5.73 Å². The van der Waals surface area contributed by atoms with E-state index in [9.17, 15) is 18.5 Å². The first-order chi connectivity index (χ1) is 9.36. The highest BCUT2D eigenvalue weighted by Gasteiger charge is 2.32. The van der Waals surface area contributed by atoms with Gasteiger partial charge in [-0.25, -0.2) is 8.42 Å². The zero-order chi connectivity index (χ0) is 14.9. The summed E-state index contributed by atoms with van der Waals surface area (Å²) in [7, 11) is -3.68. The molecule has 1 saturated heterocycles. The van der Waals surface area contributed by atoms with Gasteiger partial charge in [-0.15, -0.1) is 0 Å². The Kier molecular flexibility index (Phi) is 4.07. The molecular formula is C12H17N3O4S. The normalized spacial score (nSPS) is 20.2. The van der Waals surface area contributed by atoms with Gasteiger partial charge >= 0.3 is 0 Å². The first kappa shape index (κ1) is 14.9. The lowest BCUT2D eigenvalue weighted by molar-refractivity contribution is -0.385. The molecule has 0 saturated carbocycles. The molecule has 0 bridgehead atoms. The molecule has 0 aliphatic carbocycles. The van der Waals surface area contributed by atoms with Gasteiger partial charge in [-0.05, 0) is 31.9 Å². The molecule has 0 amide bonds. The van der Waals surface area contributed by atoms with Gasteiger partial charge in [-0.3, -0.25) is 10.1 Å². The van der Waals surface area contributed by atoms with E-state index in [1.807, 2.05) is 0 Å². The molecule has 1 aliphatic rings. The zero-order valence-corrected chi connectivity index (χ0v) is 12.0. The number of hydrogen-bond donors (Lipinski definition) is 1. The lowest BCUT2D eigenvalue weighted by atomic mass is 10.1. The largest absolute Gasteiger partial charge is 0.330 e. The van der Waals surface area contributed by atoms with Crippen LogP contribution in [0, 0.1) is 23.0 Å². The predicted molar refractivity (Wildman–Crippen MR) is 73.8 cm³/mol. The maximum Gasteiger partial charge on any atom is 0.273 e. The molecule has 1 aromatic rings. The van der Waals surface area contributed by atoms with Crippen molar-refractivity contribution >= 4 is 15.7 Å².